The van der Waals surface area contributed by atoms with Crippen molar-refractivity contribution >= 4 is 5.91 Å². The molecule has 178 valence electrons. The van der Waals surface area contributed by atoms with E-state index in [1.165, 1.54) is 5.56 Å². The van der Waals surface area contributed by atoms with Crippen LogP contribution >= 0.6 is 0 Å². The second-order valence-electron chi connectivity index (χ2n) is 9.12. The van der Waals surface area contributed by atoms with E-state index in [2.05, 4.69) is 34.1 Å². The molecule has 0 bridgehead atoms. The number of ether oxygens (including phenoxy) is 2. The lowest BCUT2D eigenvalue weighted by Crippen LogP contribution is -2.48. The van der Waals surface area contributed by atoms with Gasteiger partial charge in [-0.1, -0.05) is 42.5 Å². The monoisotopic (exact) mass is 467 g/mol. The first kappa shape index (κ1) is 22.9. The second kappa shape index (κ2) is 10.6. The van der Waals surface area contributed by atoms with Crippen molar-refractivity contribution in [2.75, 3.05) is 26.4 Å². The summed E-state index contributed by atoms with van der Waals surface area (Å²) in [4.78, 5) is 18.2. The normalized spacial score (nSPS) is 15.5. The molecular weight excluding hydrogens is 438 g/mol. The first-order valence-electron chi connectivity index (χ1n) is 12.2. The van der Waals surface area contributed by atoms with Crippen LogP contribution in [0.5, 0.6) is 11.5 Å². The Bertz CT molecular complexity index is 1210. The van der Waals surface area contributed by atoms with Crippen molar-refractivity contribution in [3.63, 3.8) is 0 Å². The molecule has 3 aromatic carbocycles. The lowest BCUT2D eigenvalue weighted by atomic mass is 10.00. The number of carbonyl (C=O) groups is 1. The molecule has 1 amide bonds. The smallest absolute Gasteiger partial charge is 0.254 e. The standard InChI is InChI=1S/C29H29N3O3/c30-19-23-7-4-8-24(17-23)20-31-14-12-26(13-15-31)32(16-11-22-5-2-1-3-6-22)29(33)25-9-10-27-28(18-25)35-21-34-27/h1-10,17-18,26H,11-16,20-21H2. The minimum absolute atomic E-state index is 0.0411. The van der Waals surface area contributed by atoms with Crippen molar-refractivity contribution in [2.24, 2.45) is 0 Å². The van der Waals surface area contributed by atoms with Gasteiger partial charge in [-0.25, -0.2) is 0 Å². The molecule has 6 nitrogen and oxygen atoms in total. The number of piperidine rings is 1. The van der Waals surface area contributed by atoms with E-state index < -0.39 is 0 Å². The number of amides is 1. The van der Waals surface area contributed by atoms with Gasteiger partial charge in [-0.05, 0) is 60.7 Å². The quantitative estimate of drug-likeness (QED) is 0.507. The largest absolute Gasteiger partial charge is 0.454 e. The van der Waals surface area contributed by atoms with Crippen LogP contribution in [0, 0.1) is 11.3 Å². The van der Waals surface area contributed by atoms with Crippen LogP contribution in [0.1, 0.15) is 39.9 Å². The number of fused-ring (bicyclic) bond motifs is 1. The summed E-state index contributed by atoms with van der Waals surface area (Å²) in [6, 6.07) is 26.0. The zero-order valence-electron chi connectivity index (χ0n) is 19.7. The van der Waals surface area contributed by atoms with Crippen molar-refractivity contribution in [1.82, 2.24) is 9.80 Å². The predicted molar refractivity (Wildman–Crippen MR) is 133 cm³/mol. The van der Waals surface area contributed by atoms with E-state index in [4.69, 9.17) is 9.47 Å². The third-order valence-electron chi connectivity index (χ3n) is 6.82. The Morgan fingerprint density at radius 1 is 0.943 bits per heavy atom. The number of nitrogens with zero attached hydrogens (tertiary/aromatic N) is 3. The average molecular weight is 468 g/mol. The van der Waals surface area contributed by atoms with Gasteiger partial charge >= 0.3 is 0 Å². The SMILES string of the molecule is N#Cc1cccc(CN2CCC(N(CCc3ccccc3)C(=O)c3ccc4c(c3)OCO4)CC2)c1. The zero-order valence-corrected chi connectivity index (χ0v) is 19.7. The summed E-state index contributed by atoms with van der Waals surface area (Å²) < 4.78 is 10.9. The van der Waals surface area contributed by atoms with Crippen LogP contribution in [0.4, 0.5) is 0 Å². The summed E-state index contributed by atoms with van der Waals surface area (Å²) in [5.74, 6) is 1.36. The minimum atomic E-state index is 0.0411. The van der Waals surface area contributed by atoms with Crippen LogP contribution in [0.15, 0.2) is 72.8 Å². The zero-order chi connectivity index (χ0) is 24.0. The molecule has 2 aliphatic rings. The number of benzene rings is 3. The Labute approximate surface area is 206 Å². The van der Waals surface area contributed by atoms with E-state index in [1.54, 1.807) is 6.07 Å². The molecule has 35 heavy (non-hydrogen) atoms. The molecule has 0 N–H and O–H groups in total. The van der Waals surface area contributed by atoms with Gasteiger partial charge in [-0.2, -0.15) is 5.26 Å². The number of likely N-dealkylation sites (tertiary alicyclic amines) is 1. The maximum absolute atomic E-state index is 13.7. The van der Waals surface area contributed by atoms with Crippen molar-refractivity contribution in [3.05, 3.63) is 95.1 Å². The van der Waals surface area contributed by atoms with Gasteiger partial charge in [0, 0.05) is 37.8 Å². The van der Waals surface area contributed by atoms with Crippen LogP contribution in [0.2, 0.25) is 0 Å². The minimum Gasteiger partial charge on any atom is -0.454 e. The molecule has 0 aromatic heterocycles. The van der Waals surface area contributed by atoms with Gasteiger partial charge in [-0.3, -0.25) is 9.69 Å². The summed E-state index contributed by atoms with van der Waals surface area (Å²) in [5, 5.41) is 9.18. The van der Waals surface area contributed by atoms with E-state index in [9.17, 15) is 10.1 Å². The molecule has 0 atom stereocenters. The number of rotatable bonds is 7. The summed E-state index contributed by atoms with van der Waals surface area (Å²) >= 11 is 0. The predicted octanol–water partition coefficient (Wildman–Crippen LogP) is 4.64. The Kier molecular flexibility index (Phi) is 6.97. The lowest BCUT2D eigenvalue weighted by molar-refractivity contribution is 0.0568. The fourth-order valence-corrected chi connectivity index (χ4v) is 4.93. The maximum atomic E-state index is 13.7. The Morgan fingerprint density at radius 2 is 1.71 bits per heavy atom. The molecular formula is C29H29N3O3. The fourth-order valence-electron chi connectivity index (χ4n) is 4.93. The molecule has 0 saturated carbocycles. The fraction of sp³-hybridized carbons (Fsp3) is 0.310. The highest BCUT2D eigenvalue weighted by molar-refractivity contribution is 5.95. The summed E-state index contributed by atoms with van der Waals surface area (Å²) in [5.41, 5.74) is 3.71. The molecule has 2 heterocycles. The highest BCUT2D eigenvalue weighted by Crippen LogP contribution is 2.33. The summed E-state index contributed by atoms with van der Waals surface area (Å²) in [7, 11) is 0. The number of hydrogen-bond donors (Lipinski definition) is 0. The Balaban J connectivity index is 1.28. The third kappa shape index (κ3) is 5.47. The van der Waals surface area contributed by atoms with Crippen molar-refractivity contribution in [2.45, 2.75) is 31.8 Å². The molecule has 0 radical (unpaired) electrons. The van der Waals surface area contributed by atoms with Crippen molar-refractivity contribution in [3.8, 4) is 17.6 Å². The number of hydrogen-bond acceptors (Lipinski definition) is 5. The first-order valence-corrected chi connectivity index (χ1v) is 12.2. The van der Waals surface area contributed by atoms with Crippen molar-refractivity contribution < 1.29 is 14.3 Å². The molecule has 6 heteroatoms. The molecule has 0 spiro atoms. The van der Waals surface area contributed by atoms with E-state index in [-0.39, 0.29) is 18.7 Å². The number of carbonyl (C=O) groups excluding carboxylic acids is 1. The average Bonchev–Trinajstić information content (AvgIpc) is 3.38. The Morgan fingerprint density at radius 3 is 2.51 bits per heavy atom. The number of nitriles is 1. The third-order valence-corrected chi connectivity index (χ3v) is 6.82. The van der Waals surface area contributed by atoms with E-state index in [1.807, 2.05) is 48.5 Å². The van der Waals surface area contributed by atoms with Gasteiger partial charge in [0.1, 0.15) is 0 Å². The molecule has 5 rings (SSSR count). The van der Waals surface area contributed by atoms with Gasteiger partial charge in [-0.15, -0.1) is 0 Å². The van der Waals surface area contributed by atoms with E-state index in [0.29, 0.717) is 29.2 Å². The van der Waals surface area contributed by atoms with E-state index >= 15 is 0 Å². The molecule has 0 unspecified atom stereocenters. The second-order valence-corrected chi connectivity index (χ2v) is 9.12. The highest BCUT2D eigenvalue weighted by Gasteiger charge is 2.29. The van der Waals surface area contributed by atoms with Gasteiger partial charge in [0.25, 0.3) is 5.91 Å². The van der Waals surface area contributed by atoms with Gasteiger partial charge < -0.3 is 14.4 Å². The maximum Gasteiger partial charge on any atom is 0.254 e. The molecule has 3 aromatic rings. The van der Waals surface area contributed by atoms with E-state index in [0.717, 1.165) is 44.5 Å². The van der Waals surface area contributed by atoms with Crippen LogP contribution in [-0.2, 0) is 13.0 Å². The molecule has 2 aliphatic heterocycles. The topological polar surface area (TPSA) is 65.8 Å². The Hall–Kier alpha value is -3.82. The van der Waals surface area contributed by atoms with Gasteiger partial charge in [0.05, 0.1) is 11.6 Å². The molecule has 0 aliphatic carbocycles. The van der Waals surface area contributed by atoms with Crippen molar-refractivity contribution in [1.29, 1.82) is 5.26 Å². The van der Waals surface area contributed by atoms with Crippen LogP contribution in [-0.4, -0.2) is 48.2 Å². The van der Waals surface area contributed by atoms with Crippen LogP contribution in [0.25, 0.3) is 0 Å². The van der Waals surface area contributed by atoms with Crippen LogP contribution in [0.3, 0.4) is 0 Å². The molecule has 1 fully saturated rings. The van der Waals surface area contributed by atoms with Gasteiger partial charge in [0.15, 0.2) is 11.5 Å². The highest BCUT2D eigenvalue weighted by atomic mass is 16.7. The summed E-state index contributed by atoms with van der Waals surface area (Å²) in [6.45, 7) is 3.52. The first-order chi connectivity index (χ1) is 17.2. The van der Waals surface area contributed by atoms with Crippen LogP contribution < -0.4 is 9.47 Å². The molecule has 1 saturated heterocycles. The van der Waals surface area contributed by atoms with Gasteiger partial charge in [0.2, 0.25) is 6.79 Å². The lowest BCUT2D eigenvalue weighted by Gasteiger charge is -2.39. The summed E-state index contributed by atoms with van der Waals surface area (Å²) in [6.07, 6.45) is 2.66.